The van der Waals surface area contributed by atoms with Gasteiger partial charge >= 0.3 is 11.9 Å². The maximum absolute atomic E-state index is 12.9. The van der Waals surface area contributed by atoms with Gasteiger partial charge in [0.1, 0.15) is 11.5 Å². The van der Waals surface area contributed by atoms with Crippen LogP contribution in [-0.4, -0.2) is 42.1 Å². The maximum Gasteiger partial charge on any atom is 0.355 e. The third-order valence-corrected chi connectivity index (χ3v) is 4.40. The molecule has 0 aliphatic rings. The molecule has 8 heteroatoms. The van der Waals surface area contributed by atoms with Crippen LogP contribution in [0.5, 0.6) is 0 Å². The Morgan fingerprint density at radius 1 is 1.14 bits per heavy atom. The van der Waals surface area contributed by atoms with Crippen molar-refractivity contribution in [1.29, 1.82) is 0 Å². The van der Waals surface area contributed by atoms with Crippen molar-refractivity contribution in [3.8, 4) is 0 Å². The Morgan fingerprint density at radius 2 is 1.79 bits per heavy atom. The molecule has 2 N–H and O–H groups in total. The highest BCUT2D eigenvalue weighted by atomic mass is 19.1. The molecule has 1 amide bonds. The average Bonchev–Trinajstić information content (AvgIpc) is 2.97. The van der Waals surface area contributed by atoms with Crippen molar-refractivity contribution in [1.82, 2.24) is 10.3 Å². The predicted molar refractivity (Wildman–Crippen MR) is 104 cm³/mol. The van der Waals surface area contributed by atoms with Crippen molar-refractivity contribution < 1.29 is 28.2 Å². The molecule has 0 aliphatic heterocycles. The summed E-state index contributed by atoms with van der Waals surface area (Å²) in [5, 5.41) is 2.67. The minimum atomic E-state index is -1.02. The third kappa shape index (κ3) is 5.66. The number of nitrogens with one attached hydrogen (secondary N) is 2. The van der Waals surface area contributed by atoms with E-state index in [1.165, 1.54) is 19.1 Å². The average molecular weight is 404 g/mol. The van der Waals surface area contributed by atoms with E-state index in [1.54, 1.807) is 32.9 Å². The number of amides is 1. The van der Waals surface area contributed by atoms with E-state index in [0.29, 0.717) is 24.2 Å². The molecule has 0 spiro atoms. The summed E-state index contributed by atoms with van der Waals surface area (Å²) < 4.78 is 23.1. The molecule has 0 saturated carbocycles. The van der Waals surface area contributed by atoms with E-state index < -0.39 is 23.9 Å². The zero-order valence-corrected chi connectivity index (χ0v) is 16.9. The van der Waals surface area contributed by atoms with E-state index in [0.717, 1.165) is 5.56 Å². The number of aromatic nitrogens is 1. The summed E-state index contributed by atoms with van der Waals surface area (Å²) in [6.07, 6.45) is -0.505. The van der Waals surface area contributed by atoms with E-state index in [4.69, 9.17) is 9.47 Å². The van der Waals surface area contributed by atoms with Crippen LogP contribution in [0.25, 0.3) is 0 Å². The first-order valence-corrected chi connectivity index (χ1v) is 9.34. The van der Waals surface area contributed by atoms with Crippen molar-refractivity contribution in [2.45, 2.75) is 40.2 Å². The van der Waals surface area contributed by atoms with Gasteiger partial charge in [0.2, 0.25) is 0 Å². The highest BCUT2D eigenvalue weighted by molar-refractivity contribution is 5.99. The van der Waals surface area contributed by atoms with Gasteiger partial charge in [-0.15, -0.1) is 0 Å². The standard InChI is InChI=1S/C21H25FN2O5/c1-5-28-20(26)17-12(2)18(24-13(17)3)21(27)29-14(4)19(25)23-11-10-15-6-8-16(22)9-7-15/h6-9,14,24H,5,10-11H2,1-4H3,(H,23,25)/t14-/m1/s1. The Hall–Kier alpha value is -3.16. The van der Waals surface area contributed by atoms with Crippen LogP contribution in [0.3, 0.4) is 0 Å². The van der Waals surface area contributed by atoms with E-state index in [2.05, 4.69) is 10.3 Å². The molecule has 0 bridgehead atoms. The monoisotopic (exact) mass is 404 g/mol. The van der Waals surface area contributed by atoms with Crippen LogP contribution in [0, 0.1) is 19.7 Å². The van der Waals surface area contributed by atoms with E-state index in [1.807, 2.05) is 0 Å². The van der Waals surface area contributed by atoms with Gasteiger partial charge in [0, 0.05) is 12.2 Å². The molecule has 1 heterocycles. The van der Waals surface area contributed by atoms with Crippen molar-refractivity contribution in [2.75, 3.05) is 13.2 Å². The second kappa shape index (κ2) is 9.86. The number of carbonyl (C=O) groups is 3. The second-order valence-corrected chi connectivity index (χ2v) is 6.56. The van der Waals surface area contributed by atoms with Gasteiger partial charge in [-0.25, -0.2) is 14.0 Å². The quantitative estimate of drug-likeness (QED) is 0.660. The number of halogens is 1. The molecule has 0 radical (unpaired) electrons. The first-order valence-electron chi connectivity index (χ1n) is 9.34. The first-order chi connectivity index (χ1) is 13.7. The molecular weight excluding hydrogens is 379 g/mol. The topological polar surface area (TPSA) is 97.5 Å². The summed E-state index contributed by atoms with van der Waals surface area (Å²) >= 11 is 0. The van der Waals surface area contributed by atoms with E-state index in [9.17, 15) is 18.8 Å². The van der Waals surface area contributed by atoms with Gasteiger partial charge in [0.15, 0.2) is 6.10 Å². The molecule has 1 aromatic heterocycles. The van der Waals surface area contributed by atoms with Crippen LogP contribution in [0.2, 0.25) is 0 Å². The third-order valence-electron chi connectivity index (χ3n) is 4.40. The van der Waals surface area contributed by atoms with Crippen LogP contribution in [0.15, 0.2) is 24.3 Å². The fraction of sp³-hybridized carbons (Fsp3) is 0.381. The highest BCUT2D eigenvalue weighted by Crippen LogP contribution is 2.20. The van der Waals surface area contributed by atoms with Crippen LogP contribution < -0.4 is 5.32 Å². The van der Waals surface area contributed by atoms with Gasteiger partial charge in [-0.1, -0.05) is 12.1 Å². The summed E-state index contributed by atoms with van der Waals surface area (Å²) in [6, 6.07) is 5.99. The predicted octanol–water partition coefficient (Wildman–Crippen LogP) is 2.85. The maximum atomic E-state index is 12.9. The number of esters is 2. The molecule has 156 valence electrons. The fourth-order valence-corrected chi connectivity index (χ4v) is 2.86. The Kier molecular flexibility index (Phi) is 7.52. The van der Waals surface area contributed by atoms with E-state index >= 15 is 0 Å². The smallest absolute Gasteiger partial charge is 0.355 e. The number of aryl methyl sites for hydroxylation is 1. The van der Waals surface area contributed by atoms with Crippen LogP contribution in [-0.2, 0) is 20.7 Å². The van der Waals surface area contributed by atoms with Crippen LogP contribution in [0.4, 0.5) is 4.39 Å². The zero-order valence-electron chi connectivity index (χ0n) is 16.9. The lowest BCUT2D eigenvalue weighted by molar-refractivity contribution is -0.129. The molecule has 1 atom stereocenters. The largest absolute Gasteiger partial charge is 0.462 e. The van der Waals surface area contributed by atoms with Crippen molar-refractivity contribution in [2.24, 2.45) is 0 Å². The fourth-order valence-electron chi connectivity index (χ4n) is 2.86. The normalized spacial score (nSPS) is 11.6. The lowest BCUT2D eigenvalue weighted by atomic mass is 10.1. The highest BCUT2D eigenvalue weighted by Gasteiger charge is 2.26. The van der Waals surface area contributed by atoms with Gasteiger partial charge in [0.05, 0.1) is 12.2 Å². The van der Waals surface area contributed by atoms with Gasteiger partial charge < -0.3 is 19.8 Å². The first kappa shape index (κ1) is 22.1. The number of benzene rings is 1. The summed E-state index contributed by atoms with van der Waals surface area (Å²) in [5.74, 6) is -2.03. The van der Waals surface area contributed by atoms with Crippen molar-refractivity contribution in [3.63, 3.8) is 0 Å². The SMILES string of the molecule is CCOC(=O)c1c(C)[nH]c(C(=O)O[C@H](C)C(=O)NCCc2ccc(F)cc2)c1C. The molecule has 29 heavy (non-hydrogen) atoms. The Morgan fingerprint density at radius 3 is 2.41 bits per heavy atom. The molecule has 0 unspecified atom stereocenters. The number of ether oxygens (including phenoxy) is 2. The Balaban J connectivity index is 1.92. The second-order valence-electron chi connectivity index (χ2n) is 6.56. The summed E-state index contributed by atoms with van der Waals surface area (Å²) in [4.78, 5) is 39.5. The van der Waals surface area contributed by atoms with Gasteiger partial charge in [-0.2, -0.15) is 0 Å². The number of carbonyl (C=O) groups excluding carboxylic acids is 3. The number of aromatic amines is 1. The molecule has 2 rings (SSSR count). The number of hydrogen-bond donors (Lipinski definition) is 2. The number of rotatable bonds is 8. The van der Waals surface area contributed by atoms with Gasteiger partial charge in [0.25, 0.3) is 5.91 Å². The summed E-state index contributed by atoms with van der Waals surface area (Å²) in [7, 11) is 0. The van der Waals surface area contributed by atoms with E-state index in [-0.39, 0.29) is 23.7 Å². The Bertz CT molecular complexity index is 889. The summed E-state index contributed by atoms with van der Waals surface area (Å²) in [6.45, 7) is 6.96. The van der Waals surface area contributed by atoms with Crippen LogP contribution in [0.1, 0.15) is 51.5 Å². The molecule has 0 aliphatic carbocycles. The lowest BCUT2D eigenvalue weighted by Gasteiger charge is -2.13. The van der Waals surface area contributed by atoms with Gasteiger partial charge in [-0.3, -0.25) is 4.79 Å². The van der Waals surface area contributed by atoms with Crippen molar-refractivity contribution >= 4 is 17.8 Å². The number of hydrogen-bond acceptors (Lipinski definition) is 5. The molecule has 1 aromatic carbocycles. The lowest BCUT2D eigenvalue weighted by Crippen LogP contribution is -2.37. The minimum absolute atomic E-state index is 0.108. The molecular formula is C21H25FN2O5. The zero-order chi connectivity index (χ0) is 21.6. The minimum Gasteiger partial charge on any atom is -0.462 e. The number of H-pyrrole nitrogens is 1. The molecule has 0 saturated heterocycles. The summed E-state index contributed by atoms with van der Waals surface area (Å²) in [5.41, 5.74) is 2.17. The molecule has 2 aromatic rings. The molecule has 7 nitrogen and oxygen atoms in total. The molecule has 0 fully saturated rings. The van der Waals surface area contributed by atoms with Gasteiger partial charge in [-0.05, 0) is 57.4 Å². The van der Waals surface area contributed by atoms with Crippen LogP contribution >= 0.6 is 0 Å². The Labute approximate surface area is 168 Å². The van der Waals surface area contributed by atoms with Crippen molar-refractivity contribution in [3.05, 3.63) is 58.2 Å².